The first-order valence-corrected chi connectivity index (χ1v) is 9.98. The molecule has 2 heterocycles. The number of nitrogens with zero attached hydrogens (tertiary/aromatic N) is 3. The molecule has 130 valence electrons. The van der Waals surface area contributed by atoms with Crippen molar-refractivity contribution in [3.8, 4) is 0 Å². The van der Waals surface area contributed by atoms with Gasteiger partial charge in [0.1, 0.15) is 11.3 Å². The van der Waals surface area contributed by atoms with E-state index >= 15 is 0 Å². The number of hydrogen-bond donors (Lipinski definition) is 1. The van der Waals surface area contributed by atoms with Crippen LogP contribution in [-0.4, -0.2) is 31.6 Å². The molecular formula is C14H11FN4O3S3. The summed E-state index contributed by atoms with van der Waals surface area (Å²) in [4.78, 5) is 12.3. The molecule has 0 unspecified atom stereocenters. The number of nitrogens with one attached hydrogen (secondary N) is 1. The summed E-state index contributed by atoms with van der Waals surface area (Å²) in [5.41, 5.74) is 1.78. The smallest absolute Gasteiger partial charge is 0.267 e. The molecule has 7 nitrogen and oxygen atoms in total. The number of sulfonamides is 1. The van der Waals surface area contributed by atoms with E-state index in [-0.39, 0.29) is 9.77 Å². The van der Waals surface area contributed by atoms with Gasteiger partial charge in [-0.25, -0.2) is 12.8 Å². The lowest BCUT2D eigenvalue weighted by molar-refractivity contribution is 0.103. The zero-order chi connectivity index (χ0) is 18.0. The fourth-order valence-corrected chi connectivity index (χ4v) is 4.70. The zero-order valence-electron chi connectivity index (χ0n) is 12.7. The quantitative estimate of drug-likeness (QED) is 0.713. The van der Waals surface area contributed by atoms with Gasteiger partial charge in [0.25, 0.3) is 15.9 Å². The van der Waals surface area contributed by atoms with Gasteiger partial charge in [-0.05, 0) is 30.3 Å². The van der Waals surface area contributed by atoms with Gasteiger partial charge in [0.05, 0.1) is 15.5 Å². The molecule has 0 saturated heterocycles. The summed E-state index contributed by atoms with van der Waals surface area (Å²) in [5, 5.41) is 11.5. The lowest BCUT2D eigenvalue weighted by Gasteiger charge is -2.18. The number of rotatable bonds is 5. The average molecular weight is 398 g/mol. The standard InChI is InChI=1S/C14H11FN4O3S3/c1-19(10-4-2-9(15)3-5-10)25(21,22)11-6-12(23-7-11)13(20)17-14-18-16-8-24-14/h2-8H,1H3,(H,17,18,20). The number of halogens is 1. The number of benzene rings is 1. The third-order valence-electron chi connectivity index (χ3n) is 3.23. The largest absolute Gasteiger partial charge is 0.296 e. The van der Waals surface area contributed by atoms with Gasteiger partial charge in [0.2, 0.25) is 5.13 Å². The molecule has 0 radical (unpaired) electrons. The molecule has 0 saturated carbocycles. The van der Waals surface area contributed by atoms with Gasteiger partial charge in [0, 0.05) is 12.4 Å². The fraction of sp³-hybridized carbons (Fsp3) is 0.0714. The van der Waals surface area contributed by atoms with Crippen molar-refractivity contribution >= 4 is 49.4 Å². The molecule has 1 N–H and O–H groups in total. The minimum atomic E-state index is -3.86. The molecule has 0 aliphatic heterocycles. The van der Waals surface area contributed by atoms with Crippen molar-refractivity contribution in [3.05, 3.63) is 51.9 Å². The van der Waals surface area contributed by atoms with Crippen molar-refractivity contribution < 1.29 is 17.6 Å². The summed E-state index contributed by atoms with van der Waals surface area (Å²) in [6.07, 6.45) is 0. The number of carbonyl (C=O) groups excluding carboxylic acids is 1. The summed E-state index contributed by atoms with van der Waals surface area (Å²) < 4.78 is 39.3. The Kier molecular flexibility index (Phi) is 4.79. The highest BCUT2D eigenvalue weighted by atomic mass is 32.2. The maximum absolute atomic E-state index is 13.0. The van der Waals surface area contributed by atoms with Crippen LogP contribution in [0.2, 0.25) is 0 Å². The third-order valence-corrected chi connectivity index (χ3v) is 6.68. The van der Waals surface area contributed by atoms with Crippen LogP contribution in [0.1, 0.15) is 9.67 Å². The zero-order valence-corrected chi connectivity index (χ0v) is 15.2. The highest BCUT2D eigenvalue weighted by Gasteiger charge is 2.24. The number of hydrogen-bond acceptors (Lipinski definition) is 7. The Hall–Kier alpha value is -2.37. The predicted molar refractivity (Wildman–Crippen MR) is 94.2 cm³/mol. The summed E-state index contributed by atoms with van der Waals surface area (Å²) in [5.74, 6) is -0.923. The Bertz CT molecular complexity index is 985. The van der Waals surface area contributed by atoms with Crippen LogP contribution in [-0.2, 0) is 10.0 Å². The summed E-state index contributed by atoms with van der Waals surface area (Å²) >= 11 is 2.15. The van der Waals surface area contributed by atoms with Crippen LogP contribution < -0.4 is 9.62 Å². The van der Waals surface area contributed by atoms with Crippen molar-refractivity contribution in [2.45, 2.75) is 4.90 Å². The van der Waals surface area contributed by atoms with E-state index in [0.29, 0.717) is 10.8 Å². The van der Waals surface area contributed by atoms with Gasteiger partial charge in [-0.3, -0.25) is 14.4 Å². The molecule has 11 heteroatoms. The molecule has 25 heavy (non-hydrogen) atoms. The second kappa shape index (κ2) is 6.86. The summed E-state index contributed by atoms with van der Waals surface area (Å²) in [6, 6.07) is 6.37. The maximum atomic E-state index is 13.0. The molecule has 3 rings (SSSR count). The highest BCUT2D eigenvalue weighted by molar-refractivity contribution is 7.93. The molecular weight excluding hydrogens is 387 g/mol. The van der Waals surface area contributed by atoms with Crippen LogP contribution in [0.25, 0.3) is 0 Å². The number of aromatic nitrogens is 2. The van der Waals surface area contributed by atoms with E-state index in [4.69, 9.17) is 0 Å². The van der Waals surface area contributed by atoms with Crippen LogP contribution in [0, 0.1) is 5.82 Å². The summed E-state index contributed by atoms with van der Waals surface area (Å²) in [6.45, 7) is 0. The van der Waals surface area contributed by atoms with Gasteiger partial charge in [-0.1, -0.05) is 11.3 Å². The van der Waals surface area contributed by atoms with E-state index in [1.807, 2.05) is 0 Å². The van der Waals surface area contributed by atoms with E-state index in [1.54, 1.807) is 0 Å². The van der Waals surface area contributed by atoms with Crippen molar-refractivity contribution in [3.63, 3.8) is 0 Å². The Labute approximate surface area is 150 Å². The molecule has 0 spiro atoms. The SMILES string of the molecule is CN(c1ccc(F)cc1)S(=O)(=O)c1csc(C(=O)Nc2nncs2)c1. The number of carbonyl (C=O) groups is 1. The van der Waals surface area contributed by atoms with Crippen molar-refractivity contribution in [2.24, 2.45) is 0 Å². The van der Waals surface area contributed by atoms with Crippen LogP contribution >= 0.6 is 22.7 Å². The second-order valence-electron chi connectivity index (χ2n) is 4.79. The number of anilines is 2. The molecule has 0 aliphatic carbocycles. The molecule has 3 aromatic rings. The van der Waals surface area contributed by atoms with Gasteiger partial charge >= 0.3 is 0 Å². The van der Waals surface area contributed by atoms with E-state index in [2.05, 4.69) is 15.5 Å². The molecule has 0 bridgehead atoms. The van der Waals surface area contributed by atoms with E-state index in [1.165, 1.54) is 48.3 Å². The van der Waals surface area contributed by atoms with Crippen LogP contribution in [0.3, 0.4) is 0 Å². The number of amides is 1. The predicted octanol–water partition coefficient (Wildman–Crippen LogP) is 2.82. The first kappa shape index (κ1) is 17.5. The lowest BCUT2D eigenvalue weighted by Crippen LogP contribution is -2.26. The topological polar surface area (TPSA) is 92.3 Å². The Balaban J connectivity index is 1.82. The maximum Gasteiger partial charge on any atom is 0.267 e. The van der Waals surface area contributed by atoms with Crippen LogP contribution in [0.5, 0.6) is 0 Å². The Morgan fingerprint density at radius 2 is 1.96 bits per heavy atom. The Morgan fingerprint density at radius 3 is 2.60 bits per heavy atom. The third kappa shape index (κ3) is 3.67. The van der Waals surface area contributed by atoms with Gasteiger partial charge in [-0.2, -0.15) is 0 Å². The average Bonchev–Trinajstić information content (AvgIpc) is 3.26. The summed E-state index contributed by atoms with van der Waals surface area (Å²) in [7, 11) is -2.50. The minimum absolute atomic E-state index is 0.0215. The number of thiophene rings is 1. The Morgan fingerprint density at radius 1 is 1.24 bits per heavy atom. The first-order chi connectivity index (χ1) is 11.9. The van der Waals surface area contributed by atoms with Gasteiger partial charge in [0.15, 0.2) is 0 Å². The van der Waals surface area contributed by atoms with Crippen molar-refractivity contribution in [1.29, 1.82) is 0 Å². The van der Waals surface area contributed by atoms with E-state index < -0.39 is 21.7 Å². The highest BCUT2D eigenvalue weighted by Crippen LogP contribution is 2.26. The second-order valence-corrected chi connectivity index (χ2v) is 8.51. The molecule has 1 amide bonds. The van der Waals surface area contributed by atoms with Crippen LogP contribution in [0.15, 0.2) is 46.1 Å². The first-order valence-electron chi connectivity index (χ1n) is 6.78. The molecule has 0 fully saturated rings. The molecule has 1 aromatic carbocycles. The fourth-order valence-electron chi connectivity index (χ4n) is 1.91. The minimum Gasteiger partial charge on any atom is -0.296 e. The molecule has 2 aromatic heterocycles. The van der Waals surface area contributed by atoms with Crippen molar-refractivity contribution in [1.82, 2.24) is 10.2 Å². The van der Waals surface area contributed by atoms with Crippen molar-refractivity contribution in [2.75, 3.05) is 16.7 Å². The van der Waals surface area contributed by atoms with Gasteiger partial charge in [-0.15, -0.1) is 21.5 Å². The molecule has 0 atom stereocenters. The van der Waals surface area contributed by atoms with Gasteiger partial charge < -0.3 is 0 Å². The molecule has 0 aliphatic rings. The van der Waals surface area contributed by atoms with Crippen LogP contribution in [0.4, 0.5) is 15.2 Å². The normalized spacial score (nSPS) is 11.3. The van der Waals surface area contributed by atoms with E-state index in [0.717, 1.165) is 27.0 Å². The van der Waals surface area contributed by atoms with E-state index in [9.17, 15) is 17.6 Å². The monoisotopic (exact) mass is 398 g/mol. The lowest BCUT2D eigenvalue weighted by atomic mass is 10.3.